The van der Waals surface area contributed by atoms with Crippen LogP contribution in [0.4, 0.5) is 10.5 Å². The molecule has 1 saturated heterocycles. The molecule has 1 aliphatic rings. The molecule has 0 spiro atoms. The average Bonchev–Trinajstić information content (AvgIpc) is 3.12. The normalized spacial score (nSPS) is 14.7. The number of benzene rings is 1. The summed E-state index contributed by atoms with van der Waals surface area (Å²) in [4.78, 5) is 32.2. The number of carbonyl (C=O) groups is 2. The number of Topliss-reactive ketones (excluding diaryl/α,β-unsaturated/α-hetero) is 1. The molecule has 4 rings (SSSR count). The molecule has 8 nitrogen and oxygen atoms in total. The van der Waals surface area contributed by atoms with Crippen LogP contribution < -0.4 is 4.90 Å². The van der Waals surface area contributed by atoms with Crippen molar-refractivity contribution in [3.8, 4) is 0 Å². The molecule has 132 valence electrons. The molecule has 0 N–H and O–H groups in total. The highest BCUT2D eigenvalue weighted by atomic mass is 16.2. The molecule has 3 heterocycles. The van der Waals surface area contributed by atoms with Gasteiger partial charge in [-0.05, 0) is 43.3 Å². The second kappa shape index (κ2) is 6.55. The predicted molar refractivity (Wildman–Crippen MR) is 96.3 cm³/mol. The van der Waals surface area contributed by atoms with Gasteiger partial charge in [0.1, 0.15) is 5.52 Å². The van der Waals surface area contributed by atoms with Crippen molar-refractivity contribution in [3.63, 3.8) is 0 Å². The lowest BCUT2D eigenvalue weighted by atomic mass is 10.1. The topological polar surface area (TPSA) is 84.2 Å². The van der Waals surface area contributed by atoms with Crippen LogP contribution in [0.3, 0.4) is 0 Å². The Morgan fingerprint density at radius 1 is 1.00 bits per heavy atom. The van der Waals surface area contributed by atoms with E-state index in [2.05, 4.69) is 20.2 Å². The zero-order chi connectivity index (χ0) is 18.1. The van der Waals surface area contributed by atoms with Crippen molar-refractivity contribution < 1.29 is 9.59 Å². The number of pyridine rings is 1. The van der Waals surface area contributed by atoms with Crippen LogP contribution in [0.1, 0.15) is 17.3 Å². The minimum Gasteiger partial charge on any atom is -0.368 e. The molecule has 3 aromatic rings. The first kappa shape index (κ1) is 16.2. The van der Waals surface area contributed by atoms with Gasteiger partial charge in [-0.15, -0.1) is 5.10 Å². The minimum absolute atomic E-state index is 0.0570. The summed E-state index contributed by atoms with van der Waals surface area (Å²) in [5.74, 6) is 0.0570. The standard InChI is InChI=1S/C18H18N6O2/c1-13(25)14-4-6-15(7-5-14)22-9-11-23(12-10-22)18(26)24-16-3-2-8-19-17(16)20-21-24/h2-8H,9-12H2,1H3. The van der Waals surface area contributed by atoms with Gasteiger partial charge in [0.25, 0.3) is 0 Å². The average molecular weight is 350 g/mol. The quantitative estimate of drug-likeness (QED) is 0.656. The molecule has 26 heavy (non-hydrogen) atoms. The van der Waals surface area contributed by atoms with E-state index in [-0.39, 0.29) is 11.8 Å². The first-order valence-corrected chi connectivity index (χ1v) is 8.45. The second-order valence-corrected chi connectivity index (χ2v) is 6.21. The van der Waals surface area contributed by atoms with Crippen molar-refractivity contribution in [1.82, 2.24) is 24.9 Å². The van der Waals surface area contributed by atoms with Gasteiger partial charge in [-0.2, -0.15) is 4.68 Å². The monoisotopic (exact) mass is 350 g/mol. The number of hydrogen-bond donors (Lipinski definition) is 0. The summed E-state index contributed by atoms with van der Waals surface area (Å²) in [6.45, 7) is 4.18. The Morgan fingerprint density at radius 3 is 2.42 bits per heavy atom. The smallest absolute Gasteiger partial charge is 0.346 e. The van der Waals surface area contributed by atoms with E-state index in [1.807, 2.05) is 24.3 Å². The summed E-state index contributed by atoms with van der Waals surface area (Å²) in [6.07, 6.45) is 1.63. The zero-order valence-electron chi connectivity index (χ0n) is 14.4. The van der Waals surface area contributed by atoms with Crippen LogP contribution in [0.15, 0.2) is 42.6 Å². The summed E-state index contributed by atoms with van der Waals surface area (Å²) >= 11 is 0. The van der Waals surface area contributed by atoms with Crippen molar-refractivity contribution >= 4 is 28.7 Å². The van der Waals surface area contributed by atoms with Crippen LogP contribution in [0.2, 0.25) is 0 Å². The van der Waals surface area contributed by atoms with Gasteiger partial charge < -0.3 is 9.80 Å². The maximum atomic E-state index is 12.7. The molecule has 0 radical (unpaired) electrons. The fourth-order valence-electron chi connectivity index (χ4n) is 3.10. The highest BCUT2D eigenvalue weighted by Gasteiger charge is 2.24. The van der Waals surface area contributed by atoms with Gasteiger partial charge in [0.05, 0.1) is 0 Å². The van der Waals surface area contributed by atoms with E-state index in [0.29, 0.717) is 29.8 Å². The van der Waals surface area contributed by atoms with E-state index in [9.17, 15) is 9.59 Å². The second-order valence-electron chi connectivity index (χ2n) is 6.21. The number of anilines is 1. The number of hydrogen-bond acceptors (Lipinski definition) is 6. The number of rotatable bonds is 2. The van der Waals surface area contributed by atoms with Gasteiger partial charge >= 0.3 is 6.03 Å². The maximum absolute atomic E-state index is 12.7. The molecule has 1 aromatic carbocycles. The van der Waals surface area contributed by atoms with Crippen LogP contribution in [0.5, 0.6) is 0 Å². The molecule has 1 aliphatic heterocycles. The Labute approximate surface area is 150 Å². The van der Waals surface area contributed by atoms with Crippen molar-refractivity contribution in [2.75, 3.05) is 31.1 Å². The highest BCUT2D eigenvalue weighted by Crippen LogP contribution is 2.18. The highest BCUT2D eigenvalue weighted by molar-refractivity contribution is 5.94. The van der Waals surface area contributed by atoms with Crippen molar-refractivity contribution in [2.45, 2.75) is 6.92 Å². The van der Waals surface area contributed by atoms with E-state index in [4.69, 9.17) is 0 Å². The van der Waals surface area contributed by atoms with Crippen molar-refractivity contribution in [2.24, 2.45) is 0 Å². The van der Waals surface area contributed by atoms with Crippen molar-refractivity contribution in [1.29, 1.82) is 0 Å². The lowest BCUT2D eigenvalue weighted by Gasteiger charge is -2.35. The van der Waals surface area contributed by atoms with E-state index < -0.39 is 0 Å². The molecular weight excluding hydrogens is 332 g/mol. The Bertz CT molecular complexity index is 957. The van der Waals surface area contributed by atoms with E-state index in [1.165, 1.54) is 4.68 Å². The van der Waals surface area contributed by atoms with Gasteiger partial charge in [0.15, 0.2) is 5.78 Å². The zero-order valence-corrected chi connectivity index (χ0v) is 14.4. The Kier molecular flexibility index (Phi) is 4.08. The fourth-order valence-corrected chi connectivity index (χ4v) is 3.10. The molecule has 0 unspecified atom stereocenters. The summed E-state index contributed by atoms with van der Waals surface area (Å²) in [5.41, 5.74) is 2.83. The number of ketones is 1. The molecule has 1 amide bonds. The number of fused-ring (bicyclic) bond motifs is 1. The molecule has 0 saturated carbocycles. The van der Waals surface area contributed by atoms with E-state index in [1.54, 1.807) is 30.2 Å². The largest absolute Gasteiger partial charge is 0.368 e. The van der Waals surface area contributed by atoms with E-state index >= 15 is 0 Å². The fraction of sp³-hybridized carbons (Fsp3) is 0.278. The van der Waals surface area contributed by atoms with Gasteiger partial charge in [-0.3, -0.25) is 4.79 Å². The van der Waals surface area contributed by atoms with Crippen LogP contribution in [-0.2, 0) is 0 Å². The van der Waals surface area contributed by atoms with Gasteiger partial charge in [0.2, 0.25) is 5.65 Å². The van der Waals surface area contributed by atoms with E-state index in [0.717, 1.165) is 18.8 Å². The lowest BCUT2D eigenvalue weighted by Crippen LogP contribution is -2.50. The van der Waals surface area contributed by atoms with Crippen LogP contribution in [0, 0.1) is 0 Å². The van der Waals surface area contributed by atoms with Crippen LogP contribution >= 0.6 is 0 Å². The molecule has 0 aliphatic carbocycles. The number of piperazine rings is 1. The summed E-state index contributed by atoms with van der Waals surface area (Å²) < 4.78 is 1.31. The SMILES string of the molecule is CC(=O)c1ccc(N2CCN(C(=O)n3nnc4ncccc43)CC2)cc1. The number of aromatic nitrogens is 4. The Hall–Kier alpha value is -3.29. The van der Waals surface area contributed by atoms with Crippen LogP contribution in [-0.4, -0.2) is 62.9 Å². The molecule has 2 aromatic heterocycles. The van der Waals surface area contributed by atoms with Gasteiger partial charge in [-0.1, -0.05) is 5.21 Å². The van der Waals surface area contributed by atoms with Crippen LogP contribution in [0.25, 0.3) is 11.2 Å². The lowest BCUT2D eigenvalue weighted by molar-refractivity contribution is 0.101. The summed E-state index contributed by atoms with van der Waals surface area (Å²) in [5, 5.41) is 7.88. The maximum Gasteiger partial charge on any atom is 0.346 e. The van der Waals surface area contributed by atoms with Crippen molar-refractivity contribution in [3.05, 3.63) is 48.2 Å². The van der Waals surface area contributed by atoms with Gasteiger partial charge in [0, 0.05) is 43.6 Å². The van der Waals surface area contributed by atoms with Gasteiger partial charge in [-0.25, -0.2) is 9.78 Å². The summed E-state index contributed by atoms with van der Waals surface area (Å²) in [6, 6.07) is 10.9. The third-order valence-electron chi connectivity index (χ3n) is 4.59. The minimum atomic E-state index is -0.188. The predicted octanol–water partition coefficient (Wildman–Crippen LogP) is 1.82. The first-order chi connectivity index (χ1) is 12.6. The number of nitrogens with zero attached hydrogens (tertiary/aromatic N) is 6. The molecule has 8 heteroatoms. The summed E-state index contributed by atoms with van der Waals surface area (Å²) in [7, 11) is 0. The Balaban J connectivity index is 1.44. The molecule has 0 bridgehead atoms. The number of amides is 1. The Morgan fingerprint density at radius 2 is 1.73 bits per heavy atom. The third-order valence-corrected chi connectivity index (χ3v) is 4.59. The third kappa shape index (κ3) is 2.90. The molecular formula is C18H18N6O2. The first-order valence-electron chi connectivity index (χ1n) is 8.45. The molecule has 1 fully saturated rings. The molecule has 0 atom stereocenters. The number of carbonyl (C=O) groups excluding carboxylic acids is 2.